The highest BCUT2D eigenvalue weighted by atomic mass is 32.2. The van der Waals surface area contributed by atoms with Crippen LogP contribution in [0.1, 0.15) is 63.2 Å². The smallest absolute Gasteiger partial charge is 0.260 e. The lowest BCUT2D eigenvalue weighted by molar-refractivity contribution is -0.139. The molecule has 2 aliphatic rings. The number of nitrogens with zero attached hydrogens (tertiary/aromatic N) is 2. The molecule has 0 spiro atoms. The van der Waals surface area contributed by atoms with Crippen LogP contribution in [0.5, 0.6) is 5.75 Å². The van der Waals surface area contributed by atoms with Crippen molar-refractivity contribution in [3.63, 3.8) is 0 Å². The highest BCUT2D eigenvalue weighted by Gasteiger charge is 2.34. The summed E-state index contributed by atoms with van der Waals surface area (Å²) in [6, 6.07) is 6.94. The van der Waals surface area contributed by atoms with Crippen LogP contribution in [0.2, 0.25) is 0 Å². The standard InChI is InChI=1S/C23H34N2O5S/c1-4-13-24(20-12-14-31(28,29)16-20)23(27)19-8-10-21(11-9-19)30-15-22(26)25-17(2)6-5-7-18(25)3/h8-11,17-18,20H,4-7,12-16H2,1-3H3. The van der Waals surface area contributed by atoms with Crippen LogP contribution in [0.3, 0.4) is 0 Å². The van der Waals surface area contributed by atoms with Crippen molar-refractivity contribution in [3.05, 3.63) is 29.8 Å². The van der Waals surface area contributed by atoms with Crippen molar-refractivity contribution in [2.24, 2.45) is 0 Å². The summed E-state index contributed by atoms with van der Waals surface area (Å²) in [7, 11) is -3.06. The van der Waals surface area contributed by atoms with Crippen LogP contribution in [-0.4, -0.2) is 72.8 Å². The lowest BCUT2D eigenvalue weighted by Crippen LogP contribution is -2.49. The van der Waals surface area contributed by atoms with E-state index in [9.17, 15) is 18.0 Å². The zero-order valence-corrected chi connectivity index (χ0v) is 19.6. The molecule has 0 N–H and O–H groups in total. The average Bonchev–Trinajstić information content (AvgIpc) is 3.09. The number of piperidine rings is 1. The molecule has 2 saturated heterocycles. The first-order valence-electron chi connectivity index (χ1n) is 11.3. The minimum absolute atomic E-state index is 0.0172. The largest absolute Gasteiger partial charge is 0.484 e. The van der Waals surface area contributed by atoms with Crippen LogP contribution < -0.4 is 4.74 Å². The number of carbonyl (C=O) groups excluding carboxylic acids is 2. The van der Waals surface area contributed by atoms with Crippen LogP contribution in [0.15, 0.2) is 24.3 Å². The van der Waals surface area contributed by atoms with Gasteiger partial charge in [-0.15, -0.1) is 0 Å². The molecule has 2 amide bonds. The molecular formula is C23H34N2O5S. The van der Waals surface area contributed by atoms with Crippen LogP contribution in [-0.2, 0) is 14.6 Å². The molecule has 1 aromatic carbocycles. The molecule has 172 valence electrons. The minimum atomic E-state index is -3.06. The monoisotopic (exact) mass is 450 g/mol. The Bertz CT molecular complexity index is 874. The summed E-state index contributed by atoms with van der Waals surface area (Å²) in [4.78, 5) is 29.2. The highest BCUT2D eigenvalue weighted by molar-refractivity contribution is 7.91. The molecule has 7 nitrogen and oxygen atoms in total. The number of likely N-dealkylation sites (tertiary alicyclic amines) is 1. The van der Waals surface area contributed by atoms with Crippen molar-refractivity contribution < 1.29 is 22.7 Å². The number of ether oxygens (including phenoxy) is 1. The van der Waals surface area contributed by atoms with Gasteiger partial charge in [0.2, 0.25) is 0 Å². The molecule has 0 aliphatic carbocycles. The lowest BCUT2D eigenvalue weighted by Gasteiger charge is -2.38. The predicted octanol–water partition coefficient (Wildman–Crippen LogP) is 2.89. The van der Waals surface area contributed by atoms with Gasteiger partial charge in [0.05, 0.1) is 11.5 Å². The SMILES string of the molecule is CCCN(C(=O)c1ccc(OCC(=O)N2C(C)CCCC2C)cc1)C1CCS(=O)(=O)C1. The average molecular weight is 451 g/mol. The molecule has 2 fully saturated rings. The Morgan fingerprint density at radius 1 is 1.10 bits per heavy atom. The Labute approximate surface area is 185 Å². The third-order valence-electron chi connectivity index (χ3n) is 6.32. The number of sulfone groups is 1. The van der Waals surface area contributed by atoms with Crippen LogP contribution in [0.25, 0.3) is 0 Å². The summed E-state index contributed by atoms with van der Waals surface area (Å²) in [5.41, 5.74) is 0.495. The second kappa shape index (κ2) is 10.0. The van der Waals surface area contributed by atoms with Gasteiger partial charge in [-0.1, -0.05) is 6.92 Å². The zero-order valence-electron chi connectivity index (χ0n) is 18.7. The third kappa shape index (κ3) is 5.79. The van der Waals surface area contributed by atoms with Gasteiger partial charge in [0.1, 0.15) is 5.75 Å². The van der Waals surface area contributed by atoms with E-state index in [1.807, 2.05) is 11.8 Å². The maximum absolute atomic E-state index is 13.0. The first-order valence-corrected chi connectivity index (χ1v) is 13.1. The van der Waals surface area contributed by atoms with Crippen molar-refractivity contribution in [2.45, 2.75) is 71.0 Å². The van der Waals surface area contributed by atoms with E-state index in [0.29, 0.717) is 24.3 Å². The molecule has 3 unspecified atom stereocenters. The summed E-state index contributed by atoms with van der Waals surface area (Å²) >= 11 is 0. The van der Waals surface area contributed by atoms with Gasteiger partial charge in [-0.3, -0.25) is 9.59 Å². The summed E-state index contributed by atoms with van der Waals surface area (Å²) in [6.07, 6.45) is 4.43. The molecular weight excluding hydrogens is 416 g/mol. The van der Waals surface area contributed by atoms with Gasteiger partial charge in [-0.05, 0) is 70.2 Å². The van der Waals surface area contributed by atoms with E-state index in [1.165, 1.54) is 0 Å². The van der Waals surface area contributed by atoms with Gasteiger partial charge in [-0.2, -0.15) is 0 Å². The molecule has 1 aromatic rings. The number of benzene rings is 1. The first-order chi connectivity index (χ1) is 14.7. The zero-order chi connectivity index (χ0) is 22.6. The minimum Gasteiger partial charge on any atom is -0.484 e. The second-order valence-corrected chi connectivity index (χ2v) is 11.0. The quantitative estimate of drug-likeness (QED) is 0.638. The molecule has 0 bridgehead atoms. The second-order valence-electron chi connectivity index (χ2n) is 8.80. The van der Waals surface area contributed by atoms with E-state index in [2.05, 4.69) is 13.8 Å². The van der Waals surface area contributed by atoms with Crippen molar-refractivity contribution in [3.8, 4) is 5.75 Å². The number of hydrogen-bond acceptors (Lipinski definition) is 5. The van der Waals surface area contributed by atoms with Crippen LogP contribution in [0.4, 0.5) is 0 Å². The van der Waals surface area contributed by atoms with Crippen LogP contribution in [0, 0.1) is 0 Å². The van der Waals surface area contributed by atoms with Gasteiger partial charge in [0, 0.05) is 30.2 Å². The summed E-state index contributed by atoms with van der Waals surface area (Å²) < 4.78 is 29.4. The van der Waals surface area contributed by atoms with Crippen LogP contribution >= 0.6 is 0 Å². The molecule has 2 aliphatic heterocycles. The van der Waals surface area contributed by atoms with Crippen molar-refractivity contribution >= 4 is 21.7 Å². The molecule has 0 aromatic heterocycles. The van der Waals surface area contributed by atoms with E-state index in [4.69, 9.17) is 4.74 Å². The molecule has 31 heavy (non-hydrogen) atoms. The summed E-state index contributed by atoms with van der Waals surface area (Å²) in [5, 5.41) is 0. The molecule has 3 rings (SSSR count). The van der Waals surface area contributed by atoms with Crippen molar-refractivity contribution in [2.75, 3.05) is 24.7 Å². The fourth-order valence-corrected chi connectivity index (χ4v) is 6.43. The number of carbonyl (C=O) groups is 2. The molecule has 0 saturated carbocycles. The van der Waals surface area contributed by atoms with Gasteiger partial charge in [0.25, 0.3) is 11.8 Å². The van der Waals surface area contributed by atoms with E-state index in [0.717, 1.165) is 25.7 Å². The third-order valence-corrected chi connectivity index (χ3v) is 8.07. The number of amides is 2. The van der Waals surface area contributed by atoms with Crippen molar-refractivity contribution in [1.82, 2.24) is 9.80 Å². The van der Waals surface area contributed by atoms with Gasteiger partial charge in [-0.25, -0.2) is 8.42 Å². The fourth-order valence-electron chi connectivity index (χ4n) is 4.70. The fraction of sp³-hybridized carbons (Fsp3) is 0.652. The summed E-state index contributed by atoms with van der Waals surface area (Å²) in [5.74, 6) is 0.530. The molecule has 8 heteroatoms. The Hall–Kier alpha value is -2.09. The van der Waals surface area contributed by atoms with Gasteiger partial charge in [0.15, 0.2) is 16.4 Å². The predicted molar refractivity (Wildman–Crippen MR) is 120 cm³/mol. The summed E-state index contributed by atoms with van der Waals surface area (Å²) in [6.45, 7) is 6.63. The van der Waals surface area contributed by atoms with E-state index < -0.39 is 9.84 Å². The molecule has 3 atom stereocenters. The Morgan fingerprint density at radius 2 is 1.74 bits per heavy atom. The lowest BCUT2D eigenvalue weighted by atomic mass is 9.97. The van der Waals surface area contributed by atoms with E-state index >= 15 is 0 Å². The molecule has 0 radical (unpaired) electrons. The maximum atomic E-state index is 13.0. The topological polar surface area (TPSA) is 84.0 Å². The van der Waals surface area contributed by atoms with E-state index in [1.54, 1.807) is 29.2 Å². The Morgan fingerprint density at radius 3 is 2.29 bits per heavy atom. The normalized spacial score (nSPS) is 25.3. The number of rotatable bonds is 7. The van der Waals surface area contributed by atoms with Gasteiger partial charge >= 0.3 is 0 Å². The maximum Gasteiger partial charge on any atom is 0.260 e. The Kier molecular flexibility index (Phi) is 7.62. The van der Waals surface area contributed by atoms with E-state index in [-0.39, 0.29) is 48.1 Å². The first kappa shape index (κ1) is 23.6. The van der Waals surface area contributed by atoms with Crippen molar-refractivity contribution in [1.29, 1.82) is 0 Å². The van der Waals surface area contributed by atoms with Gasteiger partial charge < -0.3 is 14.5 Å². The highest BCUT2D eigenvalue weighted by Crippen LogP contribution is 2.24. The number of hydrogen-bond donors (Lipinski definition) is 0. The Balaban J connectivity index is 1.61. The molecule has 2 heterocycles.